The van der Waals surface area contributed by atoms with Crippen molar-refractivity contribution in [3.05, 3.63) is 51.9 Å². The zero-order chi connectivity index (χ0) is 15.6. The largest absolute Gasteiger partial charge is 0.478 e. The first-order valence-corrected chi connectivity index (χ1v) is 8.64. The molecule has 0 saturated heterocycles. The molecule has 0 amide bonds. The summed E-state index contributed by atoms with van der Waals surface area (Å²) >= 11 is 6.89. The number of thiophene rings is 1. The van der Waals surface area contributed by atoms with E-state index in [2.05, 4.69) is 4.72 Å². The van der Waals surface area contributed by atoms with Crippen LogP contribution in [-0.4, -0.2) is 19.5 Å². The molecular formula is C13H12ClNO4S2. The minimum absolute atomic E-state index is 0.0428. The Labute approximate surface area is 131 Å². The van der Waals surface area contributed by atoms with E-state index in [1.807, 2.05) is 0 Å². The first-order chi connectivity index (χ1) is 9.81. The predicted octanol–water partition coefficient (Wildman–Crippen LogP) is 3.14. The Bertz CT molecular complexity index is 770. The van der Waals surface area contributed by atoms with E-state index in [4.69, 9.17) is 16.7 Å². The summed E-state index contributed by atoms with van der Waals surface area (Å²) in [5.74, 6) is -1.16. The summed E-state index contributed by atoms with van der Waals surface area (Å²) in [5, 5.41) is 10.6. The minimum atomic E-state index is -3.79. The van der Waals surface area contributed by atoms with Crippen molar-refractivity contribution in [1.82, 2.24) is 4.72 Å². The van der Waals surface area contributed by atoms with Crippen LogP contribution < -0.4 is 4.72 Å². The van der Waals surface area contributed by atoms with Gasteiger partial charge in [0.1, 0.15) is 4.21 Å². The number of nitrogens with one attached hydrogen (secondary N) is 1. The Kier molecular flexibility index (Phi) is 4.67. The lowest BCUT2D eigenvalue weighted by molar-refractivity contribution is 0.0697. The number of carboxylic acids is 1. The number of carboxylic acid groups (broad SMARTS) is 1. The molecule has 0 aliphatic rings. The van der Waals surface area contributed by atoms with E-state index in [-0.39, 0.29) is 9.77 Å². The summed E-state index contributed by atoms with van der Waals surface area (Å²) < 4.78 is 26.9. The maximum Gasteiger partial charge on any atom is 0.336 e. The Morgan fingerprint density at radius 2 is 2.05 bits per heavy atom. The molecule has 1 aromatic carbocycles. The van der Waals surface area contributed by atoms with Crippen LogP contribution in [0, 0.1) is 0 Å². The Balaban J connectivity index is 2.24. The smallest absolute Gasteiger partial charge is 0.336 e. The summed E-state index contributed by atoms with van der Waals surface area (Å²) in [5.41, 5.74) is 0.600. The molecule has 0 fully saturated rings. The second-order valence-electron chi connectivity index (χ2n) is 4.32. The number of halogens is 1. The zero-order valence-electron chi connectivity index (χ0n) is 10.9. The average molecular weight is 346 g/mol. The van der Waals surface area contributed by atoms with Crippen molar-refractivity contribution in [1.29, 1.82) is 0 Å². The van der Waals surface area contributed by atoms with E-state index < -0.39 is 22.0 Å². The van der Waals surface area contributed by atoms with Gasteiger partial charge in [-0.15, -0.1) is 11.3 Å². The number of sulfonamides is 1. The van der Waals surface area contributed by atoms with E-state index in [1.54, 1.807) is 31.2 Å². The molecule has 2 aromatic rings. The molecule has 0 aliphatic carbocycles. The van der Waals surface area contributed by atoms with Gasteiger partial charge >= 0.3 is 5.97 Å². The number of aromatic carboxylic acids is 1. The Morgan fingerprint density at radius 3 is 2.62 bits per heavy atom. The predicted molar refractivity (Wildman–Crippen MR) is 81.5 cm³/mol. The molecule has 0 spiro atoms. The molecule has 0 radical (unpaired) electrons. The molecule has 0 bridgehead atoms. The van der Waals surface area contributed by atoms with E-state index in [0.717, 1.165) is 17.4 Å². The van der Waals surface area contributed by atoms with Crippen LogP contribution in [-0.2, 0) is 10.0 Å². The summed E-state index contributed by atoms with van der Waals surface area (Å²) in [6.07, 6.45) is 0. The Morgan fingerprint density at radius 1 is 1.38 bits per heavy atom. The fraction of sp³-hybridized carbons (Fsp3) is 0.154. The minimum Gasteiger partial charge on any atom is -0.478 e. The fourth-order valence-electron chi connectivity index (χ4n) is 1.75. The van der Waals surface area contributed by atoms with Gasteiger partial charge in [-0.2, -0.15) is 0 Å². The molecule has 1 aromatic heterocycles. The summed E-state index contributed by atoms with van der Waals surface area (Å²) in [4.78, 5) is 10.8. The number of carbonyl (C=O) groups is 1. The third-order valence-corrected chi connectivity index (χ3v) is 6.12. The first kappa shape index (κ1) is 16.0. The highest BCUT2D eigenvalue weighted by Crippen LogP contribution is 2.26. The summed E-state index contributed by atoms with van der Waals surface area (Å²) in [6.45, 7) is 1.67. The highest BCUT2D eigenvalue weighted by atomic mass is 35.5. The van der Waals surface area contributed by atoms with Crippen molar-refractivity contribution in [2.45, 2.75) is 17.2 Å². The van der Waals surface area contributed by atoms with Crippen molar-refractivity contribution in [3.8, 4) is 0 Å². The molecule has 2 N–H and O–H groups in total. The molecule has 5 nitrogen and oxygen atoms in total. The lowest BCUT2D eigenvalue weighted by Gasteiger charge is -2.15. The second kappa shape index (κ2) is 6.15. The summed E-state index contributed by atoms with van der Waals surface area (Å²) in [6, 6.07) is 7.53. The van der Waals surface area contributed by atoms with Crippen molar-refractivity contribution in [3.63, 3.8) is 0 Å². The standard InChI is InChI=1S/C13H12ClNO4S2/c1-8(10-4-2-3-5-11(10)14)15-21(18,19)12-6-9(7-20-12)13(16)17/h2-8,15H,1H3,(H,16,17). The number of hydrogen-bond donors (Lipinski definition) is 2. The van der Waals surface area contributed by atoms with Gasteiger partial charge in [-0.05, 0) is 24.6 Å². The van der Waals surface area contributed by atoms with Gasteiger partial charge in [0.2, 0.25) is 0 Å². The molecule has 0 aliphatic heterocycles. The van der Waals surface area contributed by atoms with Gasteiger partial charge in [-0.1, -0.05) is 29.8 Å². The maximum atomic E-state index is 12.2. The van der Waals surface area contributed by atoms with Crippen molar-refractivity contribution >= 4 is 38.9 Å². The van der Waals surface area contributed by atoms with Gasteiger partial charge in [0.25, 0.3) is 10.0 Å². The monoisotopic (exact) mass is 345 g/mol. The molecule has 1 heterocycles. The van der Waals surface area contributed by atoms with Crippen molar-refractivity contribution in [2.24, 2.45) is 0 Å². The van der Waals surface area contributed by atoms with Crippen LogP contribution in [0.2, 0.25) is 5.02 Å². The fourth-order valence-corrected chi connectivity index (χ4v) is 4.44. The van der Waals surface area contributed by atoms with Crippen LogP contribution in [0.3, 0.4) is 0 Å². The van der Waals surface area contributed by atoms with Gasteiger partial charge < -0.3 is 5.11 Å². The normalized spacial score (nSPS) is 13.0. The molecular weight excluding hydrogens is 334 g/mol. The third-order valence-electron chi connectivity index (χ3n) is 2.79. The van der Waals surface area contributed by atoms with Crippen molar-refractivity contribution in [2.75, 3.05) is 0 Å². The number of rotatable bonds is 5. The lowest BCUT2D eigenvalue weighted by Crippen LogP contribution is -2.26. The SMILES string of the molecule is CC(NS(=O)(=O)c1cc(C(=O)O)cs1)c1ccccc1Cl. The molecule has 1 unspecified atom stereocenters. The van der Waals surface area contributed by atoms with E-state index >= 15 is 0 Å². The van der Waals surface area contributed by atoms with Crippen LogP contribution in [0.15, 0.2) is 39.9 Å². The van der Waals surface area contributed by atoms with Gasteiger partial charge in [0, 0.05) is 16.4 Å². The molecule has 21 heavy (non-hydrogen) atoms. The van der Waals surface area contributed by atoms with E-state index in [1.165, 1.54) is 5.38 Å². The van der Waals surface area contributed by atoms with Crippen LogP contribution in [0.1, 0.15) is 28.9 Å². The quantitative estimate of drug-likeness (QED) is 0.872. The molecule has 0 saturated carbocycles. The van der Waals surface area contributed by atoms with Crippen LogP contribution in [0.4, 0.5) is 0 Å². The van der Waals surface area contributed by atoms with Gasteiger partial charge in [0.05, 0.1) is 5.56 Å². The third kappa shape index (κ3) is 3.62. The van der Waals surface area contributed by atoms with Crippen LogP contribution in [0.5, 0.6) is 0 Å². The average Bonchev–Trinajstić information content (AvgIpc) is 2.89. The highest BCUT2D eigenvalue weighted by molar-refractivity contribution is 7.91. The summed E-state index contributed by atoms with van der Waals surface area (Å²) in [7, 11) is -3.79. The topological polar surface area (TPSA) is 83.5 Å². The van der Waals surface area contributed by atoms with Crippen molar-refractivity contribution < 1.29 is 18.3 Å². The second-order valence-corrected chi connectivity index (χ2v) is 7.58. The Hall–Kier alpha value is -1.41. The van der Waals surface area contributed by atoms with Gasteiger partial charge in [-0.3, -0.25) is 0 Å². The molecule has 112 valence electrons. The molecule has 8 heteroatoms. The van der Waals surface area contributed by atoms with Crippen LogP contribution >= 0.6 is 22.9 Å². The van der Waals surface area contributed by atoms with Gasteiger partial charge in [-0.25, -0.2) is 17.9 Å². The highest BCUT2D eigenvalue weighted by Gasteiger charge is 2.22. The van der Waals surface area contributed by atoms with Crippen LogP contribution in [0.25, 0.3) is 0 Å². The molecule has 1 atom stereocenters. The maximum absolute atomic E-state index is 12.2. The zero-order valence-corrected chi connectivity index (χ0v) is 13.3. The number of hydrogen-bond acceptors (Lipinski definition) is 4. The van der Waals surface area contributed by atoms with Gasteiger partial charge in [0.15, 0.2) is 0 Å². The lowest BCUT2D eigenvalue weighted by atomic mass is 10.1. The van der Waals surface area contributed by atoms with E-state index in [9.17, 15) is 13.2 Å². The molecule has 2 rings (SSSR count). The van der Waals surface area contributed by atoms with E-state index in [0.29, 0.717) is 10.6 Å². The number of benzene rings is 1. The first-order valence-electron chi connectivity index (χ1n) is 5.90.